The zero-order chi connectivity index (χ0) is 32.0. The van der Waals surface area contributed by atoms with Crippen molar-refractivity contribution in [2.75, 3.05) is 0 Å². The molecule has 0 bridgehead atoms. The monoisotopic (exact) mass is 758 g/mol. The minimum absolute atomic E-state index is 0.521. The predicted octanol–water partition coefficient (Wildman–Crippen LogP) is 12.5. The average molecular weight is 757 g/mol. The van der Waals surface area contributed by atoms with Crippen molar-refractivity contribution >= 4 is 15.4 Å². The van der Waals surface area contributed by atoms with E-state index in [0.29, 0.717) is 7.35 Å². The van der Waals surface area contributed by atoms with Gasteiger partial charge >= 0.3 is 274 Å². The van der Waals surface area contributed by atoms with Crippen LogP contribution in [0.1, 0.15) is 93.4 Å². The molecule has 45 heavy (non-hydrogen) atoms. The van der Waals surface area contributed by atoms with Crippen LogP contribution in [0.4, 0.5) is 0 Å². The molecule has 0 N–H and O–H groups in total. The molecular formula is C44H50Hf. The first-order valence-corrected chi connectivity index (χ1v) is 30.3. The van der Waals surface area contributed by atoms with Gasteiger partial charge in [0.2, 0.25) is 0 Å². The molecule has 1 saturated carbocycles. The third-order valence-corrected chi connectivity index (χ3v) is 40.3. The standard InChI is InChI=1S/2C19H19.C4H6.2CH3.Hf/c2*1-12-11-13(2)15(4)19(14(12)3)18-10-6-8-16-7-5-9-17(16)18;1-2-4-3-1;;;/h2*5-11H,1-4H3;1-3H2;2*1H3;. The Morgan fingerprint density at radius 1 is 0.533 bits per heavy atom. The van der Waals surface area contributed by atoms with Gasteiger partial charge < -0.3 is 0 Å². The molecule has 2 atom stereocenters. The predicted molar refractivity (Wildman–Crippen MR) is 196 cm³/mol. The van der Waals surface area contributed by atoms with E-state index in [1.807, 2.05) is 3.26 Å². The zero-order valence-corrected chi connectivity index (χ0v) is 32.8. The first kappa shape index (κ1) is 30.7. The van der Waals surface area contributed by atoms with E-state index >= 15 is 0 Å². The summed E-state index contributed by atoms with van der Waals surface area (Å²) < 4.78 is 8.66. The second-order valence-corrected chi connectivity index (χ2v) is 41.4. The van der Waals surface area contributed by atoms with Gasteiger partial charge in [-0.05, 0) is 0 Å². The average Bonchev–Trinajstić information content (AvgIpc) is 3.61. The Bertz CT molecular complexity index is 1880. The van der Waals surface area contributed by atoms with Gasteiger partial charge in [0.1, 0.15) is 0 Å². The van der Waals surface area contributed by atoms with Crippen molar-refractivity contribution in [3.63, 3.8) is 0 Å². The number of benzene rings is 4. The van der Waals surface area contributed by atoms with E-state index in [2.05, 4.69) is 138 Å². The molecule has 1 heteroatoms. The van der Waals surface area contributed by atoms with Crippen molar-refractivity contribution < 1.29 is 18.0 Å². The van der Waals surface area contributed by atoms with Gasteiger partial charge in [-0.1, -0.05) is 0 Å². The van der Waals surface area contributed by atoms with E-state index in [4.69, 9.17) is 0 Å². The quantitative estimate of drug-likeness (QED) is 0.182. The molecule has 4 aromatic rings. The van der Waals surface area contributed by atoms with Crippen LogP contribution in [0.15, 0.2) is 60.7 Å². The summed E-state index contributed by atoms with van der Waals surface area (Å²) in [5, 5.41) is 0. The van der Waals surface area contributed by atoms with Crippen LogP contribution >= 0.6 is 0 Å². The van der Waals surface area contributed by atoms with Crippen LogP contribution in [0.25, 0.3) is 34.4 Å². The number of aryl methyl sites for hydroxylation is 4. The fourth-order valence-corrected chi connectivity index (χ4v) is 34.8. The molecular weight excluding hydrogens is 707 g/mol. The Hall–Kier alpha value is -2.90. The van der Waals surface area contributed by atoms with E-state index in [9.17, 15) is 0 Å². The summed E-state index contributed by atoms with van der Waals surface area (Å²) in [6, 6.07) is 19.2. The van der Waals surface area contributed by atoms with Crippen LogP contribution in [-0.2, 0) is 18.0 Å². The van der Waals surface area contributed by atoms with Gasteiger partial charge in [0, 0.05) is 0 Å². The van der Waals surface area contributed by atoms with Crippen LogP contribution in [0, 0.1) is 55.4 Å². The van der Waals surface area contributed by atoms with Crippen LogP contribution in [0.5, 0.6) is 0 Å². The molecule has 4 aromatic carbocycles. The topological polar surface area (TPSA) is 0 Å². The molecule has 0 amide bonds. The van der Waals surface area contributed by atoms with E-state index < -0.39 is 18.0 Å². The van der Waals surface area contributed by atoms with Gasteiger partial charge in [-0.2, -0.15) is 0 Å². The molecule has 0 aliphatic heterocycles. The van der Waals surface area contributed by atoms with Crippen molar-refractivity contribution in [1.29, 1.82) is 0 Å². The Morgan fingerprint density at radius 2 is 0.911 bits per heavy atom. The summed E-state index contributed by atoms with van der Waals surface area (Å²) >= 11 is -3.92. The summed E-state index contributed by atoms with van der Waals surface area (Å²) in [5.74, 6) is 0. The van der Waals surface area contributed by atoms with Crippen LogP contribution in [0.2, 0.25) is 9.36 Å². The van der Waals surface area contributed by atoms with E-state index in [0.717, 1.165) is 0 Å². The number of rotatable bonds is 4. The molecule has 0 aromatic heterocycles. The van der Waals surface area contributed by atoms with Gasteiger partial charge in [0.05, 0.1) is 0 Å². The molecule has 3 aliphatic rings. The fraction of sp³-hybridized carbons (Fsp3) is 0.341. The first-order chi connectivity index (χ1) is 21.3. The SMILES string of the molecule is Cc1cc(C)c(C)c(-c2cccc3c2C=C[CH]3[Hf]([CH3])([CH3])(=[C]2CCC2)[CH]2C=Cc3c(-c4c(C)c(C)cc(C)c4C)cccc32)c1C. The number of hydrogen-bond acceptors (Lipinski definition) is 0. The Morgan fingerprint density at radius 3 is 1.24 bits per heavy atom. The number of allylic oxidation sites excluding steroid dienone is 2. The summed E-state index contributed by atoms with van der Waals surface area (Å²) in [4.78, 5) is 0. The summed E-state index contributed by atoms with van der Waals surface area (Å²) in [6.45, 7) is 18.4. The third-order valence-electron chi connectivity index (χ3n) is 13.1. The molecule has 1 fully saturated rings. The maximum atomic E-state index is 2.83. The van der Waals surface area contributed by atoms with Crippen LogP contribution in [0.3, 0.4) is 0 Å². The maximum absolute atomic E-state index is 3.92. The third kappa shape index (κ3) is 4.28. The van der Waals surface area contributed by atoms with Crippen LogP contribution in [-0.4, -0.2) is 3.26 Å². The van der Waals surface area contributed by atoms with Crippen molar-refractivity contribution in [1.82, 2.24) is 0 Å². The first-order valence-electron chi connectivity index (χ1n) is 17.2. The molecule has 0 nitrogen and oxygen atoms in total. The molecule has 230 valence electrons. The number of fused-ring (bicyclic) bond motifs is 2. The summed E-state index contributed by atoms with van der Waals surface area (Å²) in [5.41, 5.74) is 23.1. The van der Waals surface area contributed by atoms with Gasteiger partial charge in [-0.15, -0.1) is 0 Å². The van der Waals surface area contributed by atoms with Gasteiger partial charge in [-0.25, -0.2) is 0 Å². The molecule has 7 rings (SSSR count). The molecule has 0 radical (unpaired) electrons. The molecule has 3 aliphatic carbocycles. The van der Waals surface area contributed by atoms with Gasteiger partial charge in [0.15, 0.2) is 0 Å². The van der Waals surface area contributed by atoms with E-state index in [1.165, 1.54) is 97.2 Å². The Balaban J connectivity index is 1.43. The van der Waals surface area contributed by atoms with Crippen molar-refractivity contribution in [2.45, 2.75) is 91.4 Å². The van der Waals surface area contributed by atoms with E-state index in [1.54, 1.807) is 11.1 Å². The Kier molecular flexibility index (Phi) is 7.22. The Labute approximate surface area is 272 Å². The molecule has 0 heterocycles. The second kappa shape index (κ2) is 10.6. The van der Waals surface area contributed by atoms with Gasteiger partial charge in [0.25, 0.3) is 0 Å². The normalized spacial score (nSPS) is 18.8. The fourth-order valence-electron chi connectivity index (χ4n) is 9.68. The molecule has 2 unspecified atom stereocenters. The van der Waals surface area contributed by atoms with E-state index in [-0.39, 0.29) is 0 Å². The summed E-state index contributed by atoms with van der Waals surface area (Å²) in [7, 11) is 0. The molecule has 0 spiro atoms. The van der Waals surface area contributed by atoms with Gasteiger partial charge in [-0.3, -0.25) is 0 Å². The van der Waals surface area contributed by atoms with Crippen molar-refractivity contribution in [2.24, 2.45) is 0 Å². The van der Waals surface area contributed by atoms with Crippen molar-refractivity contribution in [3.05, 3.63) is 127 Å². The second-order valence-electron chi connectivity index (χ2n) is 15.6. The van der Waals surface area contributed by atoms with Crippen LogP contribution < -0.4 is 0 Å². The molecule has 0 saturated heterocycles. The minimum atomic E-state index is -3.92. The number of hydrogen-bond donors (Lipinski definition) is 0. The zero-order valence-electron chi connectivity index (χ0n) is 29.2. The summed E-state index contributed by atoms with van der Waals surface area (Å²) in [6.07, 6.45) is 14.4. The van der Waals surface area contributed by atoms with Crippen molar-refractivity contribution in [3.8, 4) is 22.3 Å².